The monoisotopic (exact) mass is 579 g/mol. The first-order valence-corrected chi connectivity index (χ1v) is 15.3. The lowest BCUT2D eigenvalue weighted by molar-refractivity contribution is -0.138. The van der Waals surface area contributed by atoms with Crippen LogP contribution in [0.2, 0.25) is 6.32 Å². The summed E-state index contributed by atoms with van der Waals surface area (Å²) in [5, 5.41) is 23.1. The lowest BCUT2D eigenvalue weighted by Crippen LogP contribution is -2.46. The van der Waals surface area contributed by atoms with E-state index in [4.69, 9.17) is 9.39 Å². The SMILES string of the molecule is CCC/C(=C\c1ccc(O)c2ccccc12)CC[C@H]1OB(O)C[C@H]2C1=C(COc1ccccc1)C[C@H]1C(=O)N(C)C(=O)[C@H]12. The zero-order chi connectivity index (χ0) is 30.1. The van der Waals surface area contributed by atoms with Crippen LogP contribution in [0.3, 0.4) is 0 Å². The summed E-state index contributed by atoms with van der Waals surface area (Å²) in [5.74, 6) is -0.519. The van der Waals surface area contributed by atoms with Gasteiger partial charge in [-0.15, -0.1) is 0 Å². The molecule has 6 rings (SSSR count). The summed E-state index contributed by atoms with van der Waals surface area (Å²) < 4.78 is 12.4. The smallest absolute Gasteiger partial charge is 0.455 e. The standard InChI is InChI=1S/C35H38BNO6/c1-3-9-22(18-23-15-16-30(38)27-13-8-7-12-26(23)27)14-17-31-32-24(21-42-25-10-5-4-6-11-25)19-28-33(29(32)20-36(41)43-31)35(40)37(2)34(28)39/h4-8,10-13,15-16,18,28-29,31,33,38,41H,3,9,14,17,19-21H2,1-2H3/b22-18+/t28-,29+,31-,33-/m1/s1. The number of fused-ring (bicyclic) bond motifs is 4. The molecule has 2 saturated heterocycles. The van der Waals surface area contributed by atoms with E-state index < -0.39 is 25.1 Å². The fraction of sp³-hybridized carbons (Fsp3) is 0.371. The van der Waals surface area contributed by atoms with Crippen molar-refractivity contribution in [1.29, 1.82) is 0 Å². The molecule has 4 atom stereocenters. The number of phenols is 1. The summed E-state index contributed by atoms with van der Waals surface area (Å²) in [7, 11) is 0.549. The summed E-state index contributed by atoms with van der Waals surface area (Å²) in [5.41, 5.74) is 4.31. The van der Waals surface area contributed by atoms with E-state index in [2.05, 4.69) is 13.0 Å². The predicted octanol–water partition coefficient (Wildman–Crippen LogP) is 6.01. The topological polar surface area (TPSA) is 96.3 Å². The molecule has 3 aromatic rings. The van der Waals surface area contributed by atoms with Crippen molar-refractivity contribution in [1.82, 2.24) is 4.90 Å². The van der Waals surface area contributed by atoms with Gasteiger partial charge < -0.3 is 19.5 Å². The van der Waals surface area contributed by atoms with E-state index in [9.17, 15) is 19.7 Å². The number of para-hydroxylation sites is 1. The van der Waals surface area contributed by atoms with Crippen LogP contribution >= 0.6 is 0 Å². The molecule has 7 nitrogen and oxygen atoms in total. The molecule has 0 unspecified atom stereocenters. The quantitative estimate of drug-likeness (QED) is 0.183. The second-order valence-corrected chi connectivity index (χ2v) is 12.0. The number of likely N-dealkylation sites (tertiary alicyclic amines) is 1. The molecule has 2 fully saturated rings. The van der Waals surface area contributed by atoms with E-state index in [1.165, 1.54) is 10.5 Å². The second kappa shape index (κ2) is 12.4. The third-order valence-electron chi connectivity index (χ3n) is 9.28. The second-order valence-electron chi connectivity index (χ2n) is 12.0. The highest BCUT2D eigenvalue weighted by atomic mass is 16.5. The van der Waals surface area contributed by atoms with Crippen LogP contribution in [0.5, 0.6) is 11.5 Å². The molecule has 222 valence electrons. The molecule has 0 spiro atoms. The number of benzene rings is 3. The van der Waals surface area contributed by atoms with E-state index in [-0.39, 0.29) is 29.8 Å². The van der Waals surface area contributed by atoms with Gasteiger partial charge in [0.05, 0.1) is 17.9 Å². The van der Waals surface area contributed by atoms with Gasteiger partial charge in [-0.3, -0.25) is 14.5 Å². The number of carbonyl (C=O) groups is 2. The van der Waals surface area contributed by atoms with E-state index in [1.54, 1.807) is 13.1 Å². The number of ether oxygens (including phenoxy) is 1. The molecule has 0 bridgehead atoms. The maximum Gasteiger partial charge on any atom is 0.455 e. The number of nitrogens with zero attached hydrogens (tertiary/aromatic N) is 1. The Morgan fingerprint density at radius 1 is 1.00 bits per heavy atom. The molecule has 0 radical (unpaired) electrons. The number of imide groups is 1. The first kappa shape index (κ1) is 29.2. The van der Waals surface area contributed by atoms with E-state index in [0.29, 0.717) is 19.4 Å². The maximum absolute atomic E-state index is 13.3. The highest BCUT2D eigenvalue weighted by Crippen LogP contribution is 2.50. The third kappa shape index (κ3) is 5.74. The predicted molar refractivity (Wildman–Crippen MR) is 167 cm³/mol. The summed E-state index contributed by atoms with van der Waals surface area (Å²) >= 11 is 0. The number of carbonyl (C=O) groups excluding carboxylic acids is 2. The molecule has 2 N–H and O–H groups in total. The number of amides is 2. The fourth-order valence-electron chi connectivity index (χ4n) is 7.30. The average molecular weight is 580 g/mol. The van der Waals surface area contributed by atoms with E-state index >= 15 is 0 Å². The molecular formula is C35H38BNO6. The van der Waals surface area contributed by atoms with Crippen LogP contribution in [-0.4, -0.2) is 53.7 Å². The van der Waals surface area contributed by atoms with Gasteiger partial charge in [-0.2, -0.15) is 0 Å². The number of allylic oxidation sites excluding steroid dienone is 1. The zero-order valence-electron chi connectivity index (χ0n) is 24.7. The average Bonchev–Trinajstić information content (AvgIpc) is 3.24. The number of phenolic OH excluding ortho intramolecular Hbond substituents is 1. The largest absolute Gasteiger partial charge is 0.507 e. The van der Waals surface area contributed by atoms with E-state index in [0.717, 1.165) is 52.5 Å². The Morgan fingerprint density at radius 3 is 2.51 bits per heavy atom. The lowest BCUT2D eigenvalue weighted by Gasteiger charge is -2.43. The molecular weight excluding hydrogens is 541 g/mol. The Morgan fingerprint density at radius 2 is 1.74 bits per heavy atom. The minimum Gasteiger partial charge on any atom is -0.507 e. The molecule has 0 saturated carbocycles. The Kier molecular flexibility index (Phi) is 8.42. The minimum absolute atomic E-state index is 0.155. The van der Waals surface area contributed by atoms with Crippen LogP contribution < -0.4 is 4.74 Å². The van der Waals surface area contributed by atoms with Gasteiger partial charge in [-0.05, 0) is 78.2 Å². The molecule has 2 aliphatic heterocycles. The van der Waals surface area contributed by atoms with Crippen molar-refractivity contribution in [2.24, 2.45) is 17.8 Å². The van der Waals surface area contributed by atoms with Crippen LogP contribution in [0.25, 0.3) is 16.8 Å². The summed E-state index contributed by atoms with van der Waals surface area (Å²) in [6.07, 6.45) is 5.80. The molecule has 3 aromatic carbocycles. The first-order chi connectivity index (χ1) is 20.9. The third-order valence-corrected chi connectivity index (χ3v) is 9.28. The molecule has 3 aliphatic rings. The normalized spacial score (nSPS) is 24.0. The number of hydrogen-bond acceptors (Lipinski definition) is 6. The van der Waals surface area contributed by atoms with Crippen LogP contribution in [0.4, 0.5) is 0 Å². The maximum atomic E-state index is 13.3. The van der Waals surface area contributed by atoms with Crippen molar-refractivity contribution in [2.45, 2.75) is 51.5 Å². The van der Waals surface area contributed by atoms with Crippen LogP contribution in [0, 0.1) is 17.8 Å². The van der Waals surface area contributed by atoms with Crippen molar-refractivity contribution in [3.63, 3.8) is 0 Å². The summed E-state index contributed by atoms with van der Waals surface area (Å²) in [4.78, 5) is 27.7. The minimum atomic E-state index is -1.01. The number of aromatic hydroxyl groups is 1. The highest BCUT2D eigenvalue weighted by molar-refractivity contribution is 6.43. The van der Waals surface area contributed by atoms with Crippen molar-refractivity contribution in [3.05, 3.63) is 89.0 Å². The van der Waals surface area contributed by atoms with Crippen molar-refractivity contribution >= 4 is 35.8 Å². The molecule has 0 aromatic heterocycles. The fourth-order valence-corrected chi connectivity index (χ4v) is 7.30. The summed E-state index contributed by atoms with van der Waals surface area (Å²) in [6.45, 7) is 2.46. The van der Waals surface area contributed by atoms with Gasteiger partial charge in [-0.1, -0.05) is 73.5 Å². The Bertz CT molecular complexity index is 1580. The van der Waals surface area contributed by atoms with Gasteiger partial charge in [0.15, 0.2) is 0 Å². The van der Waals surface area contributed by atoms with Gasteiger partial charge in [0, 0.05) is 12.4 Å². The van der Waals surface area contributed by atoms with Gasteiger partial charge in [0.25, 0.3) is 0 Å². The van der Waals surface area contributed by atoms with E-state index in [1.807, 2.05) is 60.7 Å². The van der Waals surface area contributed by atoms with Gasteiger partial charge in [-0.25, -0.2) is 0 Å². The molecule has 2 amide bonds. The molecule has 1 aliphatic carbocycles. The molecule has 8 heteroatoms. The Balaban J connectivity index is 1.32. The van der Waals surface area contributed by atoms with Crippen molar-refractivity contribution < 1.29 is 29.1 Å². The lowest BCUT2D eigenvalue weighted by atomic mass is 9.58. The van der Waals surface area contributed by atoms with Crippen LogP contribution in [0.1, 0.15) is 44.6 Å². The van der Waals surface area contributed by atoms with Crippen molar-refractivity contribution in [2.75, 3.05) is 13.7 Å². The Hall–Kier alpha value is -3.88. The number of hydrogen-bond donors (Lipinski definition) is 2. The highest BCUT2D eigenvalue weighted by Gasteiger charge is 2.56. The first-order valence-electron chi connectivity index (χ1n) is 15.3. The van der Waals surface area contributed by atoms with Gasteiger partial charge in [0.2, 0.25) is 11.8 Å². The van der Waals surface area contributed by atoms with Crippen LogP contribution in [-0.2, 0) is 14.2 Å². The molecule has 2 heterocycles. The van der Waals surface area contributed by atoms with Crippen molar-refractivity contribution in [3.8, 4) is 11.5 Å². The molecule has 43 heavy (non-hydrogen) atoms. The van der Waals surface area contributed by atoms with Gasteiger partial charge in [0.1, 0.15) is 18.1 Å². The number of rotatable bonds is 9. The van der Waals surface area contributed by atoms with Crippen LogP contribution in [0.15, 0.2) is 83.4 Å². The Labute approximate surface area is 252 Å². The summed E-state index contributed by atoms with van der Waals surface area (Å²) in [6, 6.07) is 21.1. The zero-order valence-corrected chi connectivity index (χ0v) is 24.7. The van der Waals surface area contributed by atoms with Gasteiger partial charge >= 0.3 is 7.12 Å².